The van der Waals surface area contributed by atoms with Gasteiger partial charge in [0.1, 0.15) is 0 Å². The second-order valence-corrected chi connectivity index (χ2v) is 6.63. The molecule has 0 bridgehead atoms. The third-order valence-corrected chi connectivity index (χ3v) is 5.13. The third-order valence-electron chi connectivity index (χ3n) is 5.13. The Morgan fingerprint density at radius 2 is 1.38 bits per heavy atom. The van der Waals surface area contributed by atoms with Crippen LogP contribution in [0.5, 0.6) is 0 Å². The number of carbonyl (C=O) groups is 2. The van der Waals surface area contributed by atoms with Gasteiger partial charge in [0.05, 0.1) is 25.3 Å². The molecule has 26 heavy (non-hydrogen) atoms. The van der Waals surface area contributed by atoms with E-state index >= 15 is 0 Å². The van der Waals surface area contributed by atoms with Crippen LogP contribution in [-0.2, 0) is 9.47 Å². The summed E-state index contributed by atoms with van der Waals surface area (Å²) in [5.74, 6) is -0.519. The molecule has 0 amide bonds. The van der Waals surface area contributed by atoms with E-state index in [9.17, 15) is 9.59 Å². The van der Waals surface area contributed by atoms with Crippen molar-refractivity contribution in [1.29, 1.82) is 0 Å². The summed E-state index contributed by atoms with van der Waals surface area (Å²) in [4.78, 5) is 24.9. The van der Waals surface area contributed by atoms with Gasteiger partial charge in [0.25, 0.3) is 0 Å². The summed E-state index contributed by atoms with van der Waals surface area (Å²) in [7, 11) is 2.77. The van der Waals surface area contributed by atoms with Crippen molar-refractivity contribution in [1.82, 2.24) is 0 Å². The smallest absolute Gasteiger partial charge is 0.338 e. The Hall–Kier alpha value is -2.62. The molecule has 0 aromatic heterocycles. The van der Waals surface area contributed by atoms with Crippen LogP contribution in [0.3, 0.4) is 0 Å². The zero-order chi connectivity index (χ0) is 18.5. The van der Waals surface area contributed by atoms with Crippen molar-refractivity contribution in [3.63, 3.8) is 0 Å². The van der Waals surface area contributed by atoms with E-state index in [1.165, 1.54) is 20.6 Å². The van der Waals surface area contributed by atoms with E-state index in [0.29, 0.717) is 11.1 Å². The van der Waals surface area contributed by atoms with E-state index in [1.807, 2.05) is 30.3 Å². The Bertz CT molecular complexity index is 789. The summed E-state index contributed by atoms with van der Waals surface area (Å²) >= 11 is 0. The van der Waals surface area contributed by atoms with Crippen molar-refractivity contribution in [2.24, 2.45) is 0 Å². The van der Waals surface area contributed by atoms with Gasteiger partial charge in [0, 0.05) is 5.56 Å². The molecule has 3 rings (SSSR count). The molecule has 0 saturated heterocycles. The topological polar surface area (TPSA) is 52.6 Å². The standard InChI is InChI=1S/C22H24O4/c1-25-21(23)17-13-14-18(22(24)26-2)20(16-11-7-4-8-12-16)19(17)15-9-5-3-6-10-15/h3,5-6,9-10,13-14,16H,4,7-8,11-12H2,1-2H3. The summed E-state index contributed by atoms with van der Waals surface area (Å²) in [6.07, 6.45) is 5.48. The minimum Gasteiger partial charge on any atom is -0.465 e. The second-order valence-electron chi connectivity index (χ2n) is 6.63. The molecule has 2 aromatic carbocycles. The van der Waals surface area contributed by atoms with Crippen LogP contribution in [0.2, 0.25) is 0 Å². The van der Waals surface area contributed by atoms with E-state index in [2.05, 4.69) is 0 Å². The highest BCUT2D eigenvalue weighted by molar-refractivity contribution is 6.02. The fourth-order valence-corrected chi connectivity index (χ4v) is 3.92. The fraction of sp³-hybridized carbons (Fsp3) is 0.364. The average Bonchev–Trinajstić information content (AvgIpc) is 2.72. The van der Waals surface area contributed by atoms with E-state index in [1.54, 1.807) is 12.1 Å². The van der Waals surface area contributed by atoms with Gasteiger partial charge in [-0.1, -0.05) is 49.6 Å². The lowest BCUT2D eigenvalue weighted by molar-refractivity contribution is 0.0585. The zero-order valence-electron chi connectivity index (χ0n) is 15.3. The van der Waals surface area contributed by atoms with Gasteiger partial charge in [-0.3, -0.25) is 0 Å². The van der Waals surface area contributed by atoms with E-state index in [-0.39, 0.29) is 11.9 Å². The number of ether oxygens (including phenoxy) is 2. The minimum atomic E-state index is -0.391. The Morgan fingerprint density at radius 1 is 0.808 bits per heavy atom. The predicted molar refractivity (Wildman–Crippen MR) is 100 cm³/mol. The molecule has 2 aromatic rings. The van der Waals surface area contributed by atoms with Gasteiger partial charge in [-0.05, 0) is 42.0 Å². The summed E-state index contributed by atoms with van der Waals surface area (Å²) in [5, 5.41) is 0. The van der Waals surface area contributed by atoms with E-state index in [0.717, 1.165) is 42.4 Å². The molecular formula is C22H24O4. The first-order valence-corrected chi connectivity index (χ1v) is 9.06. The Labute approximate surface area is 154 Å². The van der Waals surface area contributed by atoms with Crippen LogP contribution in [0, 0.1) is 0 Å². The highest BCUT2D eigenvalue weighted by Gasteiger charge is 2.29. The number of hydrogen-bond donors (Lipinski definition) is 0. The maximum absolute atomic E-state index is 12.5. The molecule has 136 valence electrons. The van der Waals surface area contributed by atoms with Gasteiger partial charge in [0.15, 0.2) is 0 Å². The molecule has 1 aliphatic rings. The van der Waals surface area contributed by atoms with Crippen molar-refractivity contribution in [3.8, 4) is 11.1 Å². The monoisotopic (exact) mass is 352 g/mol. The minimum absolute atomic E-state index is 0.234. The number of methoxy groups -OCH3 is 2. The van der Waals surface area contributed by atoms with Crippen LogP contribution in [0.1, 0.15) is 64.3 Å². The van der Waals surface area contributed by atoms with Crippen molar-refractivity contribution >= 4 is 11.9 Å². The van der Waals surface area contributed by atoms with E-state index < -0.39 is 5.97 Å². The molecule has 1 aliphatic carbocycles. The van der Waals surface area contributed by atoms with Crippen LogP contribution in [0.25, 0.3) is 11.1 Å². The first-order chi connectivity index (χ1) is 12.7. The molecule has 0 radical (unpaired) electrons. The first kappa shape index (κ1) is 18.2. The van der Waals surface area contributed by atoms with Crippen LogP contribution >= 0.6 is 0 Å². The summed E-state index contributed by atoms with van der Waals surface area (Å²) < 4.78 is 10.0. The van der Waals surface area contributed by atoms with E-state index in [4.69, 9.17) is 9.47 Å². The van der Waals surface area contributed by atoms with Gasteiger partial charge in [0.2, 0.25) is 0 Å². The number of esters is 2. The number of carbonyl (C=O) groups excluding carboxylic acids is 2. The molecule has 0 atom stereocenters. The number of hydrogen-bond acceptors (Lipinski definition) is 4. The molecule has 4 nitrogen and oxygen atoms in total. The van der Waals surface area contributed by atoms with Crippen molar-refractivity contribution in [2.45, 2.75) is 38.0 Å². The fourth-order valence-electron chi connectivity index (χ4n) is 3.92. The van der Waals surface area contributed by atoms with Crippen LogP contribution in [0.4, 0.5) is 0 Å². The highest BCUT2D eigenvalue weighted by atomic mass is 16.5. The molecule has 0 aliphatic heterocycles. The highest BCUT2D eigenvalue weighted by Crippen LogP contribution is 2.42. The van der Waals surface area contributed by atoms with Gasteiger partial charge in [-0.15, -0.1) is 0 Å². The Morgan fingerprint density at radius 3 is 2.00 bits per heavy atom. The normalized spacial score (nSPS) is 14.7. The summed E-state index contributed by atoms with van der Waals surface area (Å²) in [6.45, 7) is 0. The molecular weight excluding hydrogens is 328 g/mol. The summed E-state index contributed by atoms with van der Waals surface area (Å²) in [5.41, 5.74) is 3.68. The van der Waals surface area contributed by atoms with Crippen molar-refractivity contribution in [2.75, 3.05) is 14.2 Å². The maximum Gasteiger partial charge on any atom is 0.338 e. The van der Waals surface area contributed by atoms with Crippen LogP contribution in [-0.4, -0.2) is 26.2 Å². The Balaban J connectivity index is 2.30. The first-order valence-electron chi connectivity index (χ1n) is 9.06. The lowest BCUT2D eigenvalue weighted by Gasteiger charge is -2.27. The largest absolute Gasteiger partial charge is 0.465 e. The molecule has 1 fully saturated rings. The molecule has 0 N–H and O–H groups in total. The molecule has 1 saturated carbocycles. The number of benzene rings is 2. The number of rotatable bonds is 4. The van der Waals surface area contributed by atoms with Crippen molar-refractivity contribution in [3.05, 3.63) is 59.2 Å². The average molecular weight is 352 g/mol. The summed E-state index contributed by atoms with van der Waals surface area (Å²) in [6, 6.07) is 13.1. The quantitative estimate of drug-likeness (QED) is 0.729. The van der Waals surface area contributed by atoms with Gasteiger partial charge in [-0.2, -0.15) is 0 Å². The van der Waals surface area contributed by atoms with Gasteiger partial charge >= 0.3 is 11.9 Å². The van der Waals surface area contributed by atoms with Crippen LogP contribution in [0.15, 0.2) is 42.5 Å². The third kappa shape index (κ3) is 3.50. The van der Waals surface area contributed by atoms with Gasteiger partial charge in [-0.25, -0.2) is 9.59 Å². The lowest BCUT2D eigenvalue weighted by Crippen LogP contribution is -2.16. The molecule has 0 spiro atoms. The molecule has 4 heteroatoms. The predicted octanol–water partition coefficient (Wildman–Crippen LogP) is 4.97. The second kappa shape index (κ2) is 8.17. The Kier molecular flexibility index (Phi) is 5.71. The molecule has 0 heterocycles. The van der Waals surface area contributed by atoms with Gasteiger partial charge < -0.3 is 9.47 Å². The zero-order valence-corrected chi connectivity index (χ0v) is 15.3. The lowest BCUT2D eigenvalue weighted by atomic mass is 9.77. The SMILES string of the molecule is COC(=O)c1ccc(C(=O)OC)c(C2CCCCC2)c1-c1ccccc1. The maximum atomic E-state index is 12.5. The van der Waals surface area contributed by atoms with Crippen molar-refractivity contribution < 1.29 is 19.1 Å². The molecule has 0 unspecified atom stereocenters. The van der Waals surface area contributed by atoms with Crippen LogP contribution < -0.4 is 0 Å².